The van der Waals surface area contributed by atoms with Gasteiger partial charge in [0.25, 0.3) is 0 Å². The van der Waals surface area contributed by atoms with Crippen molar-refractivity contribution in [3.63, 3.8) is 0 Å². The SMILES string of the molecule is COC(=O)CC1CCC(c2ccc(-c3ccc4c(c3)NCCN4)cc2)CC1. The Morgan fingerprint density at radius 3 is 2.30 bits per heavy atom. The monoisotopic (exact) mass is 364 g/mol. The number of carbonyl (C=O) groups is 1. The Hall–Kier alpha value is -2.49. The smallest absolute Gasteiger partial charge is 0.305 e. The molecule has 0 unspecified atom stereocenters. The van der Waals surface area contributed by atoms with Crippen LogP contribution in [0.15, 0.2) is 42.5 Å². The van der Waals surface area contributed by atoms with E-state index in [2.05, 4.69) is 53.1 Å². The lowest BCUT2D eigenvalue weighted by Gasteiger charge is -2.28. The topological polar surface area (TPSA) is 50.4 Å². The number of hydrogen-bond donors (Lipinski definition) is 2. The van der Waals surface area contributed by atoms with Crippen molar-refractivity contribution in [3.05, 3.63) is 48.0 Å². The van der Waals surface area contributed by atoms with E-state index in [-0.39, 0.29) is 5.97 Å². The number of anilines is 2. The van der Waals surface area contributed by atoms with Crippen molar-refractivity contribution in [3.8, 4) is 11.1 Å². The molecule has 0 bridgehead atoms. The molecule has 0 saturated heterocycles. The zero-order valence-corrected chi connectivity index (χ0v) is 16.0. The fraction of sp³-hybridized carbons (Fsp3) is 0.435. The summed E-state index contributed by atoms with van der Waals surface area (Å²) in [6.45, 7) is 1.94. The summed E-state index contributed by atoms with van der Waals surface area (Å²) in [5.41, 5.74) is 6.30. The van der Waals surface area contributed by atoms with Crippen LogP contribution in [-0.4, -0.2) is 26.2 Å². The van der Waals surface area contributed by atoms with Crippen LogP contribution < -0.4 is 10.6 Å². The van der Waals surface area contributed by atoms with Crippen molar-refractivity contribution in [2.75, 3.05) is 30.8 Å². The van der Waals surface area contributed by atoms with Gasteiger partial charge in [-0.25, -0.2) is 0 Å². The fourth-order valence-electron chi connectivity index (χ4n) is 4.39. The van der Waals surface area contributed by atoms with E-state index in [0.29, 0.717) is 18.3 Å². The first kappa shape index (κ1) is 17.9. The summed E-state index contributed by atoms with van der Waals surface area (Å²) in [7, 11) is 1.48. The first-order valence-corrected chi connectivity index (χ1v) is 10.0. The minimum atomic E-state index is -0.0717. The quantitative estimate of drug-likeness (QED) is 0.747. The molecular formula is C23H28N2O2. The molecule has 1 aliphatic carbocycles. The third-order valence-corrected chi connectivity index (χ3v) is 6.02. The molecule has 2 aliphatic rings. The van der Waals surface area contributed by atoms with Gasteiger partial charge in [-0.1, -0.05) is 30.3 Å². The van der Waals surface area contributed by atoms with Crippen LogP contribution >= 0.6 is 0 Å². The first-order valence-electron chi connectivity index (χ1n) is 10.0. The highest BCUT2D eigenvalue weighted by molar-refractivity contribution is 5.78. The number of fused-ring (bicyclic) bond motifs is 1. The number of esters is 1. The number of rotatable bonds is 4. The molecule has 1 saturated carbocycles. The van der Waals surface area contributed by atoms with Gasteiger partial charge in [-0.2, -0.15) is 0 Å². The van der Waals surface area contributed by atoms with Crippen LogP contribution in [-0.2, 0) is 9.53 Å². The standard InChI is InChI=1S/C23H28N2O2/c1-27-23(26)14-16-2-4-17(5-3-16)18-6-8-19(9-7-18)20-10-11-21-22(15-20)25-13-12-24-21/h6-11,15-17,24-25H,2-5,12-14H2,1H3. The molecule has 1 fully saturated rings. The summed E-state index contributed by atoms with van der Waals surface area (Å²) in [6, 6.07) is 15.6. The molecule has 2 N–H and O–H groups in total. The molecule has 0 amide bonds. The molecule has 4 nitrogen and oxygen atoms in total. The minimum absolute atomic E-state index is 0.0717. The minimum Gasteiger partial charge on any atom is -0.469 e. The Labute approximate surface area is 161 Å². The van der Waals surface area contributed by atoms with Crippen LogP contribution in [0, 0.1) is 5.92 Å². The van der Waals surface area contributed by atoms with E-state index in [1.807, 2.05) is 0 Å². The van der Waals surface area contributed by atoms with E-state index in [0.717, 1.165) is 38.8 Å². The zero-order valence-electron chi connectivity index (χ0n) is 16.0. The maximum absolute atomic E-state index is 11.5. The second-order valence-corrected chi connectivity index (χ2v) is 7.73. The van der Waals surface area contributed by atoms with Crippen LogP contribution in [0.3, 0.4) is 0 Å². The van der Waals surface area contributed by atoms with E-state index in [9.17, 15) is 4.79 Å². The largest absolute Gasteiger partial charge is 0.469 e. The average molecular weight is 364 g/mol. The Balaban J connectivity index is 1.40. The molecule has 1 heterocycles. The molecule has 2 aromatic rings. The molecule has 0 atom stereocenters. The predicted octanol–water partition coefficient (Wildman–Crippen LogP) is 5.03. The van der Waals surface area contributed by atoms with Gasteiger partial charge in [0.15, 0.2) is 0 Å². The van der Waals surface area contributed by atoms with Crippen molar-refractivity contribution in [1.82, 2.24) is 0 Å². The lowest BCUT2D eigenvalue weighted by molar-refractivity contribution is -0.142. The Morgan fingerprint density at radius 2 is 1.59 bits per heavy atom. The van der Waals surface area contributed by atoms with Gasteiger partial charge in [0.05, 0.1) is 18.5 Å². The lowest BCUT2D eigenvalue weighted by Crippen LogP contribution is -2.20. The summed E-state index contributed by atoms with van der Waals surface area (Å²) >= 11 is 0. The summed E-state index contributed by atoms with van der Waals surface area (Å²) in [4.78, 5) is 11.5. The van der Waals surface area contributed by atoms with Gasteiger partial charge in [0.2, 0.25) is 0 Å². The van der Waals surface area contributed by atoms with Crippen LogP contribution in [0.1, 0.15) is 43.6 Å². The van der Waals surface area contributed by atoms with Gasteiger partial charge >= 0.3 is 5.97 Å². The highest BCUT2D eigenvalue weighted by Gasteiger charge is 2.24. The highest BCUT2D eigenvalue weighted by Crippen LogP contribution is 2.38. The Bertz CT molecular complexity index is 793. The maximum atomic E-state index is 11.5. The molecule has 0 radical (unpaired) electrons. The van der Waals surface area contributed by atoms with Gasteiger partial charge in [-0.3, -0.25) is 4.79 Å². The Kier molecular flexibility index (Phi) is 5.33. The van der Waals surface area contributed by atoms with Crippen molar-refractivity contribution < 1.29 is 9.53 Å². The lowest BCUT2D eigenvalue weighted by atomic mass is 9.77. The van der Waals surface area contributed by atoms with Crippen LogP contribution in [0.4, 0.5) is 11.4 Å². The maximum Gasteiger partial charge on any atom is 0.305 e. The number of carbonyl (C=O) groups excluding carboxylic acids is 1. The highest BCUT2D eigenvalue weighted by atomic mass is 16.5. The van der Waals surface area contributed by atoms with Crippen molar-refractivity contribution in [1.29, 1.82) is 0 Å². The summed E-state index contributed by atoms with van der Waals surface area (Å²) in [6.07, 6.45) is 5.13. The molecule has 4 heteroatoms. The summed E-state index contributed by atoms with van der Waals surface area (Å²) < 4.78 is 4.81. The van der Waals surface area contributed by atoms with Crippen LogP contribution in [0.25, 0.3) is 11.1 Å². The second-order valence-electron chi connectivity index (χ2n) is 7.73. The van der Waals surface area contributed by atoms with E-state index in [1.54, 1.807) is 0 Å². The fourth-order valence-corrected chi connectivity index (χ4v) is 4.39. The van der Waals surface area contributed by atoms with Gasteiger partial charge in [0.1, 0.15) is 0 Å². The summed E-state index contributed by atoms with van der Waals surface area (Å²) in [5, 5.41) is 6.88. The molecule has 1 aliphatic heterocycles. The van der Waals surface area contributed by atoms with Crippen molar-refractivity contribution in [2.45, 2.75) is 38.0 Å². The van der Waals surface area contributed by atoms with Crippen LogP contribution in [0.5, 0.6) is 0 Å². The van der Waals surface area contributed by atoms with E-state index in [4.69, 9.17) is 4.74 Å². The zero-order chi connectivity index (χ0) is 18.6. The van der Waals surface area contributed by atoms with Gasteiger partial charge in [-0.15, -0.1) is 0 Å². The molecule has 4 rings (SSSR count). The Morgan fingerprint density at radius 1 is 0.926 bits per heavy atom. The predicted molar refractivity (Wildman–Crippen MR) is 110 cm³/mol. The number of benzene rings is 2. The number of ether oxygens (including phenoxy) is 1. The first-order chi connectivity index (χ1) is 13.2. The third-order valence-electron chi connectivity index (χ3n) is 6.02. The van der Waals surface area contributed by atoms with Crippen LogP contribution in [0.2, 0.25) is 0 Å². The molecule has 0 aromatic heterocycles. The van der Waals surface area contributed by atoms with Gasteiger partial charge < -0.3 is 15.4 Å². The normalized spacial score (nSPS) is 21.5. The van der Waals surface area contributed by atoms with Crippen molar-refractivity contribution >= 4 is 17.3 Å². The van der Waals surface area contributed by atoms with Gasteiger partial charge in [0, 0.05) is 19.5 Å². The van der Waals surface area contributed by atoms with Crippen molar-refractivity contribution in [2.24, 2.45) is 5.92 Å². The van der Waals surface area contributed by atoms with E-state index >= 15 is 0 Å². The second kappa shape index (κ2) is 8.03. The van der Waals surface area contributed by atoms with E-state index in [1.165, 1.54) is 35.2 Å². The summed E-state index contributed by atoms with van der Waals surface area (Å²) in [5.74, 6) is 1.03. The molecule has 142 valence electrons. The number of hydrogen-bond acceptors (Lipinski definition) is 4. The number of nitrogens with one attached hydrogen (secondary N) is 2. The average Bonchev–Trinajstić information content (AvgIpc) is 2.74. The molecule has 27 heavy (non-hydrogen) atoms. The number of methoxy groups -OCH3 is 1. The third kappa shape index (κ3) is 4.10. The molecular weight excluding hydrogens is 336 g/mol. The molecule has 2 aromatic carbocycles. The molecule has 0 spiro atoms. The van der Waals surface area contributed by atoms with Gasteiger partial charge in [-0.05, 0) is 66.3 Å². The van der Waals surface area contributed by atoms with E-state index < -0.39 is 0 Å².